The molecule has 0 amide bonds. The molecule has 1 saturated heterocycles. The van der Waals surface area contributed by atoms with Gasteiger partial charge in [0.1, 0.15) is 5.69 Å². The highest BCUT2D eigenvalue weighted by Crippen LogP contribution is 2.09. The number of carbonyl (C=O) groups is 1. The molecule has 1 aromatic heterocycles. The van der Waals surface area contributed by atoms with Gasteiger partial charge in [-0.1, -0.05) is 0 Å². The van der Waals surface area contributed by atoms with Crippen LogP contribution in [0.4, 0.5) is 0 Å². The van der Waals surface area contributed by atoms with Crippen LogP contribution in [0.15, 0.2) is 11.0 Å². The van der Waals surface area contributed by atoms with Gasteiger partial charge < -0.3 is 15.3 Å². The molecule has 0 aliphatic carbocycles. The summed E-state index contributed by atoms with van der Waals surface area (Å²) >= 11 is 0. The number of H-pyrrole nitrogens is 2. The number of ketones is 1. The number of aromatic amines is 2. The number of Topliss-reactive ketones (excluding diaryl/α,β-unsaturated/α-hetero) is 1. The Hall–Kier alpha value is -1.36. The number of nitrogens with one attached hydrogen (secondary N) is 3. The zero-order valence-electron chi connectivity index (χ0n) is 7.09. The van der Waals surface area contributed by atoms with E-state index in [1.807, 2.05) is 0 Å². The van der Waals surface area contributed by atoms with E-state index in [2.05, 4.69) is 15.3 Å². The fraction of sp³-hybridized carbons (Fsp3) is 0.500. The molecule has 0 bridgehead atoms. The Morgan fingerprint density at radius 3 is 2.92 bits per heavy atom. The third-order valence-electron chi connectivity index (χ3n) is 2.24. The van der Waals surface area contributed by atoms with E-state index in [-0.39, 0.29) is 17.5 Å². The minimum atomic E-state index is -0.332. The summed E-state index contributed by atoms with van der Waals surface area (Å²) in [5.74, 6) is -0.0316. The van der Waals surface area contributed by atoms with Crippen LogP contribution in [-0.4, -0.2) is 28.3 Å². The van der Waals surface area contributed by atoms with Crippen molar-refractivity contribution in [2.45, 2.75) is 18.9 Å². The van der Waals surface area contributed by atoms with Crippen molar-refractivity contribution in [3.05, 3.63) is 22.4 Å². The van der Waals surface area contributed by atoms with E-state index in [0.717, 1.165) is 19.4 Å². The maximum Gasteiger partial charge on any atom is 0.323 e. The van der Waals surface area contributed by atoms with Crippen molar-refractivity contribution in [1.82, 2.24) is 15.3 Å². The number of aromatic nitrogens is 2. The van der Waals surface area contributed by atoms with Gasteiger partial charge in [-0.25, -0.2) is 4.79 Å². The largest absolute Gasteiger partial charge is 0.323 e. The molecule has 3 N–H and O–H groups in total. The zero-order chi connectivity index (χ0) is 9.26. The van der Waals surface area contributed by atoms with E-state index in [1.54, 1.807) is 0 Å². The molecule has 5 heteroatoms. The lowest BCUT2D eigenvalue weighted by atomic mass is 10.1. The molecule has 5 nitrogen and oxygen atoms in total. The highest BCUT2D eigenvalue weighted by Gasteiger charge is 2.23. The molecule has 0 spiro atoms. The second kappa shape index (κ2) is 3.18. The predicted octanol–water partition coefficient (Wildman–Crippen LogP) is -0.362. The summed E-state index contributed by atoms with van der Waals surface area (Å²) in [7, 11) is 0. The van der Waals surface area contributed by atoms with Crippen LogP contribution in [0.3, 0.4) is 0 Å². The quantitative estimate of drug-likeness (QED) is 0.545. The van der Waals surface area contributed by atoms with Crippen molar-refractivity contribution in [2.24, 2.45) is 0 Å². The van der Waals surface area contributed by atoms with Crippen LogP contribution in [0.25, 0.3) is 0 Å². The Kier molecular flexibility index (Phi) is 2.02. The first-order valence-corrected chi connectivity index (χ1v) is 4.32. The van der Waals surface area contributed by atoms with Gasteiger partial charge in [0.2, 0.25) is 0 Å². The van der Waals surface area contributed by atoms with Crippen LogP contribution in [0.5, 0.6) is 0 Å². The van der Waals surface area contributed by atoms with Crippen molar-refractivity contribution in [1.29, 1.82) is 0 Å². The fourth-order valence-electron chi connectivity index (χ4n) is 1.56. The summed E-state index contributed by atoms with van der Waals surface area (Å²) in [6.45, 7) is 0.880. The van der Waals surface area contributed by atoms with Gasteiger partial charge in [-0.05, 0) is 19.4 Å². The number of hydrogen-bond donors (Lipinski definition) is 3. The summed E-state index contributed by atoms with van der Waals surface area (Å²) in [6.07, 6.45) is 3.29. The normalized spacial score (nSPS) is 22.0. The van der Waals surface area contributed by atoms with E-state index in [0.29, 0.717) is 5.69 Å². The molecular formula is C8H11N3O2. The summed E-state index contributed by atoms with van der Waals surface area (Å²) in [6, 6.07) is -0.119. The molecule has 2 rings (SSSR count). The SMILES string of the molecule is O=C(c1c[nH]c(=O)[nH]1)C1CCCN1. The Morgan fingerprint density at radius 2 is 2.38 bits per heavy atom. The summed E-state index contributed by atoms with van der Waals surface area (Å²) < 4.78 is 0. The minimum absolute atomic E-state index is 0.0316. The Labute approximate surface area is 74.6 Å². The first-order valence-electron chi connectivity index (χ1n) is 4.32. The predicted molar refractivity (Wildman–Crippen MR) is 46.8 cm³/mol. The van der Waals surface area contributed by atoms with Crippen LogP contribution in [0.1, 0.15) is 23.3 Å². The molecule has 1 unspecified atom stereocenters. The van der Waals surface area contributed by atoms with Gasteiger partial charge in [0.25, 0.3) is 0 Å². The molecule has 1 aromatic rings. The van der Waals surface area contributed by atoms with Crippen LogP contribution in [-0.2, 0) is 0 Å². The Bertz CT molecular complexity index is 359. The van der Waals surface area contributed by atoms with Crippen LogP contribution in [0, 0.1) is 0 Å². The molecule has 0 radical (unpaired) electrons. The van der Waals surface area contributed by atoms with Crippen LogP contribution >= 0.6 is 0 Å². The summed E-state index contributed by atoms with van der Waals surface area (Å²) in [5.41, 5.74) is 0.0331. The molecule has 2 heterocycles. The van der Waals surface area contributed by atoms with Crippen molar-refractivity contribution in [2.75, 3.05) is 6.54 Å². The molecular weight excluding hydrogens is 170 g/mol. The molecule has 0 saturated carbocycles. The van der Waals surface area contributed by atoms with Gasteiger partial charge in [-0.2, -0.15) is 0 Å². The highest BCUT2D eigenvalue weighted by molar-refractivity contribution is 5.98. The summed E-state index contributed by atoms with van der Waals surface area (Å²) in [5, 5.41) is 3.08. The lowest BCUT2D eigenvalue weighted by Crippen LogP contribution is -2.31. The first kappa shape index (κ1) is 8.25. The second-order valence-electron chi connectivity index (χ2n) is 3.17. The van der Waals surface area contributed by atoms with Gasteiger partial charge in [-0.15, -0.1) is 0 Å². The third kappa shape index (κ3) is 1.55. The molecule has 1 aliphatic rings. The van der Waals surface area contributed by atoms with Crippen LogP contribution in [0.2, 0.25) is 0 Å². The monoisotopic (exact) mass is 181 g/mol. The third-order valence-corrected chi connectivity index (χ3v) is 2.24. The minimum Gasteiger partial charge on any atom is -0.312 e. The van der Waals surface area contributed by atoms with E-state index in [4.69, 9.17) is 0 Å². The van der Waals surface area contributed by atoms with E-state index in [9.17, 15) is 9.59 Å². The number of carbonyl (C=O) groups excluding carboxylic acids is 1. The van der Waals surface area contributed by atoms with Crippen molar-refractivity contribution >= 4 is 5.78 Å². The van der Waals surface area contributed by atoms with Gasteiger partial charge in [-0.3, -0.25) is 4.79 Å². The Morgan fingerprint density at radius 1 is 1.54 bits per heavy atom. The van der Waals surface area contributed by atoms with Crippen molar-refractivity contribution in [3.8, 4) is 0 Å². The number of imidazole rings is 1. The fourth-order valence-corrected chi connectivity index (χ4v) is 1.56. The zero-order valence-corrected chi connectivity index (χ0v) is 7.09. The van der Waals surface area contributed by atoms with Gasteiger partial charge >= 0.3 is 5.69 Å². The average molecular weight is 181 g/mol. The second-order valence-corrected chi connectivity index (χ2v) is 3.17. The standard InChI is InChI=1S/C8H11N3O2/c12-7(5-2-1-3-9-5)6-4-10-8(13)11-6/h4-5,9H,1-3H2,(H2,10,11,13). The molecule has 1 atom stereocenters. The molecule has 13 heavy (non-hydrogen) atoms. The van der Waals surface area contributed by atoms with E-state index < -0.39 is 0 Å². The lowest BCUT2D eigenvalue weighted by molar-refractivity contribution is 0.0947. The summed E-state index contributed by atoms with van der Waals surface area (Å²) in [4.78, 5) is 27.2. The average Bonchev–Trinajstić information content (AvgIpc) is 2.72. The maximum atomic E-state index is 11.6. The van der Waals surface area contributed by atoms with Gasteiger partial charge in [0.15, 0.2) is 5.78 Å². The molecule has 0 aromatic carbocycles. The number of hydrogen-bond acceptors (Lipinski definition) is 3. The van der Waals surface area contributed by atoms with E-state index in [1.165, 1.54) is 6.20 Å². The van der Waals surface area contributed by atoms with Gasteiger partial charge in [0.05, 0.1) is 6.04 Å². The first-order chi connectivity index (χ1) is 6.27. The number of rotatable bonds is 2. The maximum absolute atomic E-state index is 11.6. The van der Waals surface area contributed by atoms with Crippen molar-refractivity contribution in [3.63, 3.8) is 0 Å². The van der Waals surface area contributed by atoms with Gasteiger partial charge in [0, 0.05) is 6.20 Å². The van der Waals surface area contributed by atoms with Crippen molar-refractivity contribution < 1.29 is 4.79 Å². The lowest BCUT2D eigenvalue weighted by Gasteiger charge is -2.05. The smallest absolute Gasteiger partial charge is 0.312 e. The van der Waals surface area contributed by atoms with Crippen LogP contribution < -0.4 is 11.0 Å². The Balaban J connectivity index is 2.16. The topological polar surface area (TPSA) is 77.8 Å². The van der Waals surface area contributed by atoms with E-state index >= 15 is 0 Å². The highest BCUT2D eigenvalue weighted by atomic mass is 16.1. The molecule has 70 valence electrons. The molecule has 1 fully saturated rings. The molecule has 1 aliphatic heterocycles.